The minimum atomic E-state index is -3.81. The number of benzene rings is 1. The zero-order valence-corrected chi connectivity index (χ0v) is 11.7. The van der Waals surface area contributed by atoms with Crippen molar-refractivity contribution >= 4 is 15.7 Å². The molecule has 21 heavy (non-hydrogen) atoms. The molecule has 1 N–H and O–H groups in total. The highest BCUT2D eigenvalue weighted by Gasteiger charge is 2.17. The van der Waals surface area contributed by atoms with Crippen molar-refractivity contribution < 1.29 is 26.5 Å². The molecular weight excluding hydrogens is 306 g/mol. The van der Waals surface area contributed by atoms with Crippen LogP contribution in [0.25, 0.3) is 0 Å². The number of sulfonamides is 1. The third kappa shape index (κ3) is 3.91. The number of nitrogens with one attached hydrogen (secondary N) is 1. The Kier molecular flexibility index (Phi) is 4.41. The van der Waals surface area contributed by atoms with Gasteiger partial charge in [-0.1, -0.05) is 5.16 Å². The van der Waals surface area contributed by atoms with E-state index in [1.807, 2.05) is 0 Å². The molecule has 0 aliphatic carbocycles. The van der Waals surface area contributed by atoms with E-state index in [1.54, 1.807) is 6.92 Å². The van der Waals surface area contributed by atoms with Crippen LogP contribution in [0.2, 0.25) is 0 Å². The van der Waals surface area contributed by atoms with Gasteiger partial charge >= 0.3 is 0 Å². The van der Waals surface area contributed by atoms with E-state index in [2.05, 4.69) is 14.4 Å². The SMILES string of the molecule is Cc1nocc1NS(=O)(=O)c1ccc(OCC(F)F)cc1. The second kappa shape index (κ2) is 6.08. The topological polar surface area (TPSA) is 81.4 Å². The Hall–Kier alpha value is -2.16. The monoisotopic (exact) mass is 318 g/mol. The summed E-state index contributed by atoms with van der Waals surface area (Å²) in [5, 5.41) is 3.56. The lowest BCUT2D eigenvalue weighted by Crippen LogP contribution is -2.13. The highest BCUT2D eigenvalue weighted by atomic mass is 32.2. The molecule has 1 aromatic carbocycles. The van der Waals surface area contributed by atoms with Crippen LogP contribution in [0, 0.1) is 6.92 Å². The summed E-state index contributed by atoms with van der Waals surface area (Å²) < 4.78 is 59.9. The molecule has 0 radical (unpaired) electrons. The molecule has 0 unspecified atom stereocenters. The lowest BCUT2D eigenvalue weighted by Gasteiger charge is -2.08. The average Bonchev–Trinajstić information content (AvgIpc) is 2.82. The van der Waals surface area contributed by atoms with Crippen LogP contribution >= 0.6 is 0 Å². The molecule has 0 amide bonds. The first-order chi connectivity index (χ1) is 9.88. The second-order valence-electron chi connectivity index (χ2n) is 4.09. The second-order valence-corrected chi connectivity index (χ2v) is 5.78. The Morgan fingerprint density at radius 2 is 2.00 bits per heavy atom. The molecule has 0 atom stereocenters. The Labute approximate surface area is 119 Å². The first-order valence-electron chi connectivity index (χ1n) is 5.83. The maximum Gasteiger partial charge on any atom is 0.272 e. The van der Waals surface area contributed by atoms with Crippen LogP contribution in [-0.4, -0.2) is 26.6 Å². The van der Waals surface area contributed by atoms with Crippen LogP contribution in [0.15, 0.2) is 39.9 Å². The normalized spacial score (nSPS) is 11.6. The van der Waals surface area contributed by atoms with Crippen molar-refractivity contribution in [3.05, 3.63) is 36.2 Å². The van der Waals surface area contributed by atoms with Gasteiger partial charge in [-0.3, -0.25) is 4.72 Å². The number of aromatic nitrogens is 1. The number of alkyl halides is 2. The molecule has 0 fully saturated rings. The lowest BCUT2D eigenvalue weighted by molar-refractivity contribution is 0.0819. The van der Waals surface area contributed by atoms with Crippen molar-refractivity contribution in [2.45, 2.75) is 18.2 Å². The van der Waals surface area contributed by atoms with E-state index in [1.165, 1.54) is 30.5 Å². The molecule has 114 valence electrons. The standard InChI is InChI=1S/C12H12F2N2O4S/c1-8-11(6-20-15-8)16-21(17,18)10-4-2-9(3-5-10)19-7-12(13)14/h2-6,12,16H,7H2,1H3. The molecule has 2 aromatic rings. The van der Waals surface area contributed by atoms with Gasteiger partial charge in [0.1, 0.15) is 30.0 Å². The summed E-state index contributed by atoms with van der Waals surface area (Å²) in [6, 6.07) is 5.12. The van der Waals surface area contributed by atoms with Gasteiger partial charge in [-0.2, -0.15) is 0 Å². The number of hydrogen-bond acceptors (Lipinski definition) is 5. The van der Waals surface area contributed by atoms with E-state index in [4.69, 9.17) is 4.74 Å². The van der Waals surface area contributed by atoms with Gasteiger partial charge in [0, 0.05) is 0 Å². The lowest BCUT2D eigenvalue weighted by atomic mass is 10.3. The van der Waals surface area contributed by atoms with Gasteiger partial charge in [0.05, 0.1) is 4.90 Å². The number of halogens is 2. The van der Waals surface area contributed by atoms with Gasteiger partial charge in [-0.25, -0.2) is 17.2 Å². The van der Waals surface area contributed by atoms with Crippen molar-refractivity contribution in [3.8, 4) is 5.75 Å². The third-order valence-electron chi connectivity index (χ3n) is 2.50. The number of nitrogens with zero attached hydrogens (tertiary/aromatic N) is 1. The van der Waals surface area contributed by atoms with E-state index in [0.29, 0.717) is 5.69 Å². The highest BCUT2D eigenvalue weighted by Crippen LogP contribution is 2.21. The van der Waals surface area contributed by atoms with Gasteiger partial charge in [0.2, 0.25) is 0 Å². The molecule has 0 aliphatic heterocycles. The quantitative estimate of drug-likeness (QED) is 0.884. The van der Waals surface area contributed by atoms with Gasteiger partial charge in [-0.05, 0) is 31.2 Å². The largest absolute Gasteiger partial charge is 0.488 e. The van der Waals surface area contributed by atoms with Gasteiger partial charge in [-0.15, -0.1) is 0 Å². The predicted octanol–water partition coefficient (Wildman–Crippen LogP) is 2.43. The molecule has 9 heteroatoms. The van der Waals surface area contributed by atoms with E-state index in [9.17, 15) is 17.2 Å². The fraction of sp³-hybridized carbons (Fsp3) is 0.250. The van der Waals surface area contributed by atoms with E-state index in [0.717, 1.165) is 0 Å². The molecule has 2 rings (SSSR count). The summed E-state index contributed by atoms with van der Waals surface area (Å²) in [5.41, 5.74) is 0.628. The van der Waals surface area contributed by atoms with Crippen LogP contribution < -0.4 is 9.46 Å². The van der Waals surface area contributed by atoms with Gasteiger partial charge in [0.15, 0.2) is 0 Å². The summed E-state index contributed by atoms with van der Waals surface area (Å²) in [7, 11) is -3.81. The van der Waals surface area contributed by atoms with Crippen LogP contribution in [0.5, 0.6) is 5.75 Å². The Morgan fingerprint density at radius 1 is 1.33 bits per heavy atom. The summed E-state index contributed by atoms with van der Waals surface area (Å²) in [6.45, 7) is 0.840. The van der Waals surface area contributed by atoms with Crippen LogP contribution in [-0.2, 0) is 10.0 Å². The van der Waals surface area contributed by atoms with Gasteiger partial charge < -0.3 is 9.26 Å². The maximum absolute atomic E-state index is 12.1. The summed E-state index contributed by atoms with van der Waals surface area (Å²) >= 11 is 0. The van der Waals surface area contributed by atoms with Crippen LogP contribution in [0.4, 0.5) is 14.5 Å². The number of anilines is 1. The van der Waals surface area contributed by atoms with Gasteiger partial charge in [0.25, 0.3) is 16.4 Å². The molecule has 1 aromatic heterocycles. The van der Waals surface area contributed by atoms with Crippen molar-refractivity contribution in [1.29, 1.82) is 0 Å². The molecule has 0 saturated heterocycles. The summed E-state index contributed by atoms with van der Waals surface area (Å²) in [5.74, 6) is 0.162. The smallest absolute Gasteiger partial charge is 0.272 e. The van der Waals surface area contributed by atoms with E-state index >= 15 is 0 Å². The Morgan fingerprint density at radius 3 is 2.52 bits per heavy atom. The third-order valence-corrected chi connectivity index (χ3v) is 3.89. The summed E-state index contributed by atoms with van der Waals surface area (Å²) in [6.07, 6.45) is -1.42. The zero-order valence-electron chi connectivity index (χ0n) is 10.9. The highest BCUT2D eigenvalue weighted by molar-refractivity contribution is 7.92. The predicted molar refractivity (Wildman–Crippen MR) is 70.0 cm³/mol. The number of rotatable bonds is 6. The fourth-order valence-electron chi connectivity index (χ4n) is 1.47. The molecule has 0 aliphatic rings. The van der Waals surface area contributed by atoms with Crippen molar-refractivity contribution in [2.75, 3.05) is 11.3 Å². The van der Waals surface area contributed by atoms with Crippen molar-refractivity contribution in [3.63, 3.8) is 0 Å². The minimum absolute atomic E-state index is 0.0347. The number of hydrogen-bond donors (Lipinski definition) is 1. The molecule has 1 heterocycles. The Bertz CT molecular complexity index is 698. The van der Waals surface area contributed by atoms with Crippen LogP contribution in [0.3, 0.4) is 0 Å². The number of aryl methyl sites for hydroxylation is 1. The number of ether oxygens (including phenoxy) is 1. The van der Waals surface area contributed by atoms with Crippen LogP contribution in [0.1, 0.15) is 5.69 Å². The maximum atomic E-state index is 12.1. The molecule has 0 saturated carbocycles. The van der Waals surface area contributed by atoms with Crippen molar-refractivity contribution in [1.82, 2.24) is 5.16 Å². The first kappa shape index (κ1) is 15.2. The summed E-state index contributed by atoms with van der Waals surface area (Å²) in [4.78, 5) is -0.0347. The average molecular weight is 318 g/mol. The molecule has 0 bridgehead atoms. The minimum Gasteiger partial charge on any atom is -0.488 e. The Balaban J connectivity index is 2.12. The van der Waals surface area contributed by atoms with Crippen molar-refractivity contribution in [2.24, 2.45) is 0 Å². The van der Waals surface area contributed by atoms with E-state index in [-0.39, 0.29) is 16.3 Å². The molecule has 6 nitrogen and oxygen atoms in total. The fourth-order valence-corrected chi connectivity index (χ4v) is 2.57. The zero-order chi connectivity index (χ0) is 15.5. The molecule has 0 spiro atoms. The van der Waals surface area contributed by atoms with E-state index < -0.39 is 23.1 Å². The first-order valence-corrected chi connectivity index (χ1v) is 7.31. The molecular formula is C12H12F2N2O4S.